The van der Waals surface area contributed by atoms with Crippen LogP contribution in [0.5, 0.6) is 5.75 Å². The van der Waals surface area contributed by atoms with E-state index in [0.29, 0.717) is 11.3 Å². The van der Waals surface area contributed by atoms with Gasteiger partial charge in [-0.05, 0) is 32.9 Å². The monoisotopic (exact) mass is 301 g/mol. The Morgan fingerprint density at radius 3 is 2.42 bits per heavy atom. The Morgan fingerprint density at radius 2 is 1.89 bits per heavy atom. The van der Waals surface area contributed by atoms with Crippen LogP contribution < -0.4 is 10.5 Å². The second-order valence-electron chi connectivity index (χ2n) is 5.14. The van der Waals surface area contributed by atoms with Gasteiger partial charge in [0.05, 0.1) is 16.1 Å². The van der Waals surface area contributed by atoms with Gasteiger partial charge in [-0.25, -0.2) is 8.42 Å². The lowest BCUT2D eigenvalue weighted by Crippen LogP contribution is -2.32. The van der Waals surface area contributed by atoms with Gasteiger partial charge in [0.2, 0.25) is 0 Å². The summed E-state index contributed by atoms with van der Waals surface area (Å²) in [5.74, 6) is 0.474. The van der Waals surface area contributed by atoms with E-state index in [-0.39, 0.29) is 17.3 Å². The van der Waals surface area contributed by atoms with E-state index in [0.717, 1.165) is 0 Å². The van der Waals surface area contributed by atoms with Gasteiger partial charge in [0, 0.05) is 0 Å². The lowest BCUT2D eigenvalue weighted by molar-refractivity contribution is 0.339. The summed E-state index contributed by atoms with van der Waals surface area (Å²) in [5.41, 5.74) is 6.19. The molecule has 0 unspecified atom stereocenters. The molecule has 106 valence electrons. The molecule has 0 heterocycles. The first kappa shape index (κ1) is 15.9. The maximum Gasteiger partial charge on any atom is 0.158 e. The van der Waals surface area contributed by atoms with Gasteiger partial charge in [-0.3, -0.25) is 0 Å². The average Bonchev–Trinajstić information content (AvgIpc) is 2.27. The highest BCUT2D eigenvalue weighted by Gasteiger charge is 2.28. The van der Waals surface area contributed by atoms with Crippen LogP contribution in [0.25, 0.3) is 0 Å². The molecule has 0 amide bonds. The van der Waals surface area contributed by atoms with Crippen molar-refractivity contribution in [2.75, 3.05) is 12.4 Å². The van der Waals surface area contributed by atoms with Crippen LogP contribution in [0, 0.1) is 0 Å². The molecule has 1 aromatic rings. The molecule has 2 N–H and O–H groups in total. The van der Waals surface area contributed by atoms with Crippen molar-refractivity contribution in [2.45, 2.75) is 25.5 Å². The number of benzene rings is 1. The van der Waals surface area contributed by atoms with Gasteiger partial charge in [0.1, 0.15) is 17.3 Å². The minimum Gasteiger partial charge on any atom is -0.492 e. The van der Waals surface area contributed by atoms with E-state index in [1.165, 1.54) is 0 Å². The minimum atomic E-state index is -3.19. The van der Waals surface area contributed by atoms with Crippen LogP contribution in [0.1, 0.15) is 26.3 Å². The Hall–Kier alpha value is -1.14. The summed E-state index contributed by atoms with van der Waals surface area (Å²) < 4.78 is 28.6. The van der Waals surface area contributed by atoms with E-state index in [1.54, 1.807) is 45.0 Å². The molecule has 0 fully saturated rings. The molecular weight excluding hydrogens is 282 g/mol. The molecule has 1 aromatic carbocycles. The average molecular weight is 301 g/mol. The fourth-order valence-corrected chi connectivity index (χ4v) is 2.45. The Labute approximate surface area is 119 Å². The fourth-order valence-electron chi connectivity index (χ4n) is 1.36. The van der Waals surface area contributed by atoms with Gasteiger partial charge in [-0.2, -0.15) is 0 Å². The third kappa shape index (κ3) is 4.18. The van der Waals surface area contributed by atoms with E-state index in [4.69, 9.17) is 22.7 Å². The van der Waals surface area contributed by atoms with E-state index in [2.05, 4.69) is 0 Å². The predicted octanol–water partition coefficient (Wildman–Crippen LogP) is 1.91. The largest absolute Gasteiger partial charge is 0.492 e. The number of nitrogens with two attached hydrogens (primary N) is 1. The van der Waals surface area contributed by atoms with Gasteiger partial charge in [-0.1, -0.05) is 24.4 Å². The Balaban J connectivity index is 2.72. The van der Waals surface area contributed by atoms with Crippen molar-refractivity contribution in [1.82, 2.24) is 0 Å². The summed E-state index contributed by atoms with van der Waals surface area (Å²) >= 11 is 4.91. The summed E-state index contributed by atoms with van der Waals surface area (Å²) in [4.78, 5) is 0.231. The first-order valence-corrected chi connectivity index (χ1v) is 7.95. The maximum atomic E-state index is 11.9. The fraction of sp³-hybridized carbons (Fsp3) is 0.462. The smallest absolute Gasteiger partial charge is 0.158 e. The second kappa shape index (κ2) is 5.88. The molecule has 0 aliphatic rings. The lowest BCUT2D eigenvalue weighted by atomic mass is 10.2. The number of rotatable bonds is 5. The maximum absolute atomic E-state index is 11.9. The second-order valence-corrected chi connectivity index (χ2v) is 8.44. The molecule has 0 atom stereocenters. The number of ether oxygens (including phenoxy) is 1. The zero-order valence-corrected chi connectivity index (χ0v) is 13.0. The van der Waals surface area contributed by atoms with Crippen LogP contribution in [0.15, 0.2) is 24.3 Å². The van der Waals surface area contributed by atoms with Crippen molar-refractivity contribution in [2.24, 2.45) is 5.73 Å². The van der Waals surface area contributed by atoms with Crippen LogP contribution in [-0.2, 0) is 9.84 Å². The van der Waals surface area contributed by atoms with Crippen LogP contribution in [0.4, 0.5) is 0 Å². The molecule has 1 rings (SSSR count). The van der Waals surface area contributed by atoms with Crippen molar-refractivity contribution in [1.29, 1.82) is 0 Å². The summed E-state index contributed by atoms with van der Waals surface area (Å²) in [7, 11) is -3.19. The SMILES string of the molecule is CC(C)(C)S(=O)(=O)CCOc1ccccc1C(N)=S. The zero-order chi connectivity index (χ0) is 14.7. The Bertz CT molecular complexity index is 559. The molecule has 0 aliphatic heterocycles. The van der Waals surface area contributed by atoms with Crippen LogP contribution in [-0.4, -0.2) is 30.5 Å². The van der Waals surface area contributed by atoms with Crippen LogP contribution in [0.2, 0.25) is 0 Å². The van der Waals surface area contributed by atoms with Crippen molar-refractivity contribution < 1.29 is 13.2 Å². The molecule has 0 aliphatic carbocycles. The van der Waals surface area contributed by atoms with E-state index in [1.807, 2.05) is 0 Å². The Morgan fingerprint density at radius 1 is 1.32 bits per heavy atom. The van der Waals surface area contributed by atoms with Crippen LogP contribution >= 0.6 is 12.2 Å². The zero-order valence-electron chi connectivity index (χ0n) is 11.3. The molecular formula is C13H19NO3S2. The first-order valence-electron chi connectivity index (χ1n) is 5.89. The molecule has 0 saturated carbocycles. The summed E-state index contributed by atoms with van der Waals surface area (Å²) in [6, 6.07) is 7.05. The van der Waals surface area contributed by atoms with Gasteiger partial charge >= 0.3 is 0 Å². The number of hydrogen-bond donors (Lipinski definition) is 1. The van der Waals surface area contributed by atoms with E-state index < -0.39 is 14.6 Å². The van der Waals surface area contributed by atoms with E-state index >= 15 is 0 Å². The molecule has 6 heteroatoms. The Kier molecular flexibility index (Phi) is 4.92. The van der Waals surface area contributed by atoms with Gasteiger partial charge in [0.25, 0.3) is 0 Å². The number of sulfone groups is 1. The minimum absolute atomic E-state index is 0.0395. The van der Waals surface area contributed by atoms with E-state index in [9.17, 15) is 8.42 Å². The molecule has 0 bridgehead atoms. The standard InChI is InChI=1S/C13H19NO3S2/c1-13(2,3)19(15,16)9-8-17-11-7-5-4-6-10(11)12(14)18/h4-7H,8-9H2,1-3H3,(H2,14,18). The molecule has 0 spiro atoms. The highest BCUT2D eigenvalue weighted by Crippen LogP contribution is 2.19. The third-order valence-electron chi connectivity index (χ3n) is 2.70. The quantitative estimate of drug-likeness (QED) is 0.841. The van der Waals surface area contributed by atoms with Crippen molar-refractivity contribution in [3.05, 3.63) is 29.8 Å². The predicted molar refractivity (Wildman–Crippen MR) is 81.4 cm³/mol. The number of hydrogen-bond acceptors (Lipinski definition) is 4. The van der Waals surface area contributed by atoms with Gasteiger partial charge in [-0.15, -0.1) is 0 Å². The molecule has 0 saturated heterocycles. The topological polar surface area (TPSA) is 69.4 Å². The lowest BCUT2D eigenvalue weighted by Gasteiger charge is -2.19. The van der Waals surface area contributed by atoms with Crippen molar-refractivity contribution >= 4 is 27.0 Å². The van der Waals surface area contributed by atoms with Crippen molar-refractivity contribution in [3.63, 3.8) is 0 Å². The van der Waals surface area contributed by atoms with Gasteiger partial charge < -0.3 is 10.5 Å². The summed E-state index contributed by atoms with van der Waals surface area (Å²) in [5, 5.41) is 0. The summed E-state index contributed by atoms with van der Waals surface area (Å²) in [6.07, 6.45) is 0. The highest BCUT2D eigenvalue weighted by molar-refractivity contribution is 7.92. The number of thiocarbonyl (C=S) groups is 1. The molecule has 0 radical (unpaired) electrons. The van der Waals surface area contributed by atoms with Crippen molar-refractivity contribution in [3.8, 4) is 5.75 Å². The van der Waals surface area contributed by atoms with Gasteiger partial charge in [0.15, 0.2) is 9.84 Å². The molecule has 4 nitrogen and oxygen atoms in total. The third-order valence-corrected chi connectivity index (χ3v) is 5.49. The molecule has 0 aromatic heterocycles. The van der Waals surface area contributed by atoms with Crippen LogP contribution in [0.3, 0.4) is 0 Å². The normalized spacial score (nSPS) is 12.2. The highest BCUT2D eigenvalue weighted by atomic mass is 32.2. The molecule has 19 heavy (non-hydrogen) atoms. The number of para-hydroxylation sites is 1. The summed E-state index contributed by atoms with van der Waals surface area (Å²) in [6.45, 7) is 5.10. The first-order chi connectivity index (χ1) is 8.65.